The number of ether oxygens (including phenoxy) is 3. The summed E-state index contributed by atoms with van der Waals surface area (Å²) in [6.45, 7) is 2.98. The molecule has 0 bridgehead atoms. The van der Waals surface area contributed by atoms with Gasteiger partial charge in [-0.2, -0.15) is 0 Å². The maximum Gasteiger partial charge on any atom is 0.127 e. The fraction of sp³-hybridized carbons (Fsp3) is 0.667. The molecule has 1 heterocycles. The van der Waals surface area contributed by atoms with Gasteiger partial charge in [-0.1, -0.05) is 25.3 Å². The van der Waals surface area contributed by atoms with Crippen molar-refractivity contribution in [3.63, 3.8) is 0 Å². The summed E-state index contributed by atoms with van der Waals surface area (Å²) in [5.41, 5.74) is 1.21. The molecule has 1 saturated heterocycles. The minimum absolute atomic E-state index is 0.423. The van der Waals surface area contributed by atoms with E-state index in [1.54, 1.807) is 14.2 Å². The van der Waals surface area contributed by atoms with Gasteiger partial charge in [-0.05, 0) is 18.9 Å². The molecule has 0 amide bonds. The minimum Gasteiger partial charge on any atom is -0.497 e. The largest absolute Gasteiger partial charge is 0.497 e. The normalized spacial score (nSPS) is 20.6. The van der Waals surface area contributed by atoms with E-state index in [4.69, 9.17) is 14.2 Å². The minimum atomic E-state index is 0.423. The van der Waals surface area contributed by atoms with Crippen LogP contribution in [0.1, 0.15) is 37.7 Å². The molecule has 122 valence electrons. The topological polar surface area (TPSA) is 30.9 Å². The lowest BCUT2D eigenvalue weighted by molar-refractivity contribution is -0.104. The Morgan fingerprint density at radius 1 is 1.00 bits per heavy atom. The third-order valence-electron chi connectivity index (χ3n) is 4.75. The van der Waals surface area contributed by atoms with Gasteiger partial charge in [0.1, 0.15) is 11.5 Å². The Hall–Kier alpha value is -1.26. The highest BCUT2D eigenvalue weighted by atomic mass is 16.5. The van der Waals surface area contributed by atoms with Crippen LogP contribution in [0.2, 0.25) is 0 Å². The second-order valence-electron chi connectivity index (χ2n) is 6.39. The molecule has 1 aromatic rings. The van der Waals surface area contributed by atoms with Crippen LogP contribution >= 0.6 is 0 Å². The molecule has 0 aromatic heterocycles. The first-order chi connectivity index (χ1) is 10.8. The second kappa shape index (κ2) is 7.34. The van der Waals surface area contributed by atoms with Crippen LogP contribution < -0.4 is 9.47 Å². The predicted molar refractivity (Wildman–Crippen MR) is 86.6 cm³/mol. The molecule has 2 aliphatic rings. The van der Waals surface area contributed by atoms with Gasteiger partial charge >= 0.3 is 0 Å². The molecule has 1 aliphatic heterocycles. The van der Waals surface area contributed by atoms with E-state index in [1.807, 2.05) is 12.1 Å². The van der Waals surface area contributed by atoms with Crippen LogP contribution in [0.25, 0.3) is 0 Å². The summed E-state index contributed by atoms with van der Waals surface area (Å²) >= 11 is 0. The molecule has 0 atom stereocenters. The third-order valence-corrected chi connectivity index (χ3v) is 4.75. The lowest BCUT2D eigenvalue weighted by atomic mass is 9.97. The smallest absolute Gasteiger partial charge is 0.127 e. The molecule has 1 aliphatic carbocycles. The average Bonchev–Trinajstić information content (AvgIpc) is 2.54. The van der Waals surface area contributed by atoms with Crippen LogP contribution in [0.4, 0.5) is 0 Å². The maximum absolute atomic E-state index is 6.20. The molecule has 22 heavy (non-hydrogen) atoms. The zero-order valence-corrected chi connectivity index (χ0v) is 13.7. The maximum atomic E-state index is 6.20. The van der Waals surface area contributed by atoms with Gasteiger partial charge in [0, 0.05) is 31.3 Å². The zero-order chi connectivity index (χ0) is 15.4. The van der Waals surface area contributed by atoms with Gasteiger partial charge in [-0.15, -0.1) is 0 Å². The Labute approximate surface area is 133 Å². The molecule has 4 nitrogen and oxygen atoms in total. The number of hydrogen-bond donors (Lipinski definition) is 0. The first kappa shape index (κ1) is 15.6. The highest BCUT2D eigenvalue weighted by molar-refractivity contribution is 5.40. The summed E-state index contributed by atoms with van der Waals surface area (Å²) < 4.78 is 16.9. The summed E-state index contributed by atoms with van der Waals surface area (Å²) in [6.07, 6.45) is 7.50. The van der Waals surface area contributed by atoms with E-state index in [2.05, 4.69) is 11.0 Å². The van der Waals surface area contributed by atoms with Gasteiger partial charge < -0.3 is 14.2 Å². The summed E-state index contributed by atoms with van der Waals surface area (Å²) in [7, 11) is 3.39. The lowest BCUT2D eigenvalue weighted by Crippen LogP contribution is -2.52. The zero-order valence-electron chi connectivity index (χ0n) is 13.7. The van der Waals surface area contributed by atoms with Crippen molar-refractivity contribution in [2.45, 2.75) is 50.9 Å². The van der Waals surface area contributed by atoms with E-state index in [1.165, 1.54) is 37.7 Å². The second-order valence-corrected chi connectivity index (χ2v) is 6.39. The van der Waals surface area contributed by atoms with E-state index in [0.717, 1.165) is 31.1 Å². The Kier molecular flexibility index (Phi) is 5.21. The average molecular weight is 305 g/mol. The Morgan fingerprint density at radius 3 is 2.45 bits per heavy atom. The fourth-order valence-corrected chi connectivity index (χ4v) is 3.43. The van der Waals surface area contributed by atoms with Gasteiger partial charge in [0.2, 0.25) is 0 Å². The molecule has 2 fully saturated rings. The summed E-state index contributed by atoms with van der Waals surface area (Å²) in [5, 5.41) is 0. The molecule has 1 aromatic carbocycles. The summed E-state index contributed by atoms with van der Waals surface area (Å²) in [5.74, 6) is 1.73. The molecule has 0 unspecified atom stereocenters. The summed E-state index contributed by atoms with van der Waals surface area (Å²) in [6, 6.07) is 6.03. The standard InChI is InChI=1S/C18H27NO3/c1-20-16-9-8-14(18(10-16)21-2)11-19-12-17(13-19)22-15-6-4-3-5-7-15/h8-10,15,17H,3-7,11-13H2,1-2H3. The number of rotatable bonds is 6. The van der Waals surface area contributed by atoms with Crippen LogP contribution in [0, 0.1) is 0 Å². The van der Waals surface area contributed by atoms with E-state index >= 15 is 0 Å². The van der Waals surface area contributed by atoms with Gasteiger partial charge in [-0.25, -0.2) is 0 Å². The van der Waals surface area contributed by atoms with Crippen molar-refractivity contribution < 1.29 is 14.2 Å². The van der Waals surface area contributed by atoms with Crippen molar-refractivity contribution in [1.82, 2.24) is 4.90 Å². The molecule has 3 rings (SSSR count). The van der Waals surface area contributed by atoms with Crippen molar-refractivity contribution in [3.8, 4) is 11.5 Å². The van der Waals surface area contributed by atoms with Crippen LogP contribution in [0.15, 0.2) is 18.2 Å². The van der Waals surface area contributed by atoms with E-state index in [0.29, 0.717) is 12.2 Å². The molecule has 0 N–H and O–H groups in total. The molecule has 1 saturated carbocycles. The monoisotopic (exact) mass is 305 g/mol. The number of nitrogens with zero attached hydrogens (tertiary/aromatic N) is 1. The highest BCUT2D eigenvalue weighted by Crippen LogP contribution is 2.29. The van der Waals surface area contributed by atoms with Crippen molar-refractivity contribution in [2.24, 2.45) is 0 Å². The Morgan fingerprint density at radius 2 is 1.77 bits per heavy atom. The molecule has 4 heteroatoms. The SMILES string of the molecule is COc1ccc(CN2CC(OC3CCCCC3)C2)c(OC)c1. The van der Waals surface area contributed by atoms with E-state index < -0.39 is 0 Å². The first-order valence-corrected chi connectivity index (χ1v) is 8.37. The molecule has 0 radical (unpaired) electrons. The van der Waals surface area contributed by atoms with Crippen molar-refractivity contribution in [1.29, 1.82) is 0 Å². The fourth-order valence-electron chi connectivity index (χ4n) is 3.43. The molecular weight excluding hydrogens is 278 g/mol. The highest BCUT2D eigenvalue weighted by Gasteiger charge is 2.30. The van der Waals surface area contributed by atoms with E-state index in [9.17, 15) is 0 Å². The lowest BCUT2D eigenvalue weighted by Gasteiger charge is -2.41. The molecule has 0 spiro atoms. The van der Waals surface area contributed by atoms with Crippen LogP contribution in [0.3, 0.4) is 0 Å². The Balaban J connectivity index is 1.47. The van der Waals surface area contributed by atoms with Crippen molar-refractivity contribution >= 4 is 0 Å². The number of hydrogen-bond acceptors (Lipinski definition) is 4. The molecular formula is C18H27NO3. The van der Waals surface area contributed by atoms with E-state index in [-0.39, 0.29) is 0 Å². The van der Waals surface area contributed by atoms with Crippen molar-refractivity contribution in [2.75, 3.05) is 27.3 Å². The van der Waals surface area contributed by atoms with Crippen LogP contribution in [-0.2, 0) is 11.3 Å². The van der Waals surface area contributed by atoms with Gasteiger partial charge in [0.25, 0.3) is 0 Å². The predicted octanol–water partition coefficient (Wildman–Crippen LogP) is 3.24. The first-order valence-electron chi connectivity index (χ1n) is 8.37. The van der Waals surface area contributed by atoms with Crippen molar-refractivity contribution in [3.05, 3.63) is 23.8 Å². The number of methoxy groups -OCH3 is 2. The quantitative estimate of drug-likeness (QED) is 0.807. The van der Waals surface area contributed by atoms with Gasteiger partial charge in [0.05, 0.1) is 26.4 Å². The van der Waals surface area contributed by atoms with Crippen LogP contribution in [-0.4, -0.2) is 44.4 Å². The Bertz CT molecular complexity index is 479. The number of likely N-dealkylation sites (tertiary alicyclic amines) is 1. The third kappa shape index (κ3) is 3.73. The summed E-state index contributed by atoms with van der Waals surface area (Å²) in [4.78, 5) is 2.41. The van der Waals surface area contributed by atoms with Crippen LogP contribution in [0.5, 0.6) is 11.5 Å². The number of benzene rings is 1. The van der Waals surface area contributed by atoms with Gasteiger partial charge in [0.15, 0.2) is 0 Å². The van der Waals surface area contributed by atoms with Gasteiger partial charge in [-0.3, -0.25) is 4.90 Å².